The molecule has 0 spiro atoms. The van der Waals surface area contributed by atoms with Gasteiger partial charge in [-0.2, -0.15) is 4.98 Å². The highest BCUT2D eigenvalue weighted by molar-refractivity contribution is 5.67. The van der Waals surface area contributed by atoms with Crippen molar-refractivity contribution in [1.82, 2.24) is 9.97 Å². The number of nitrogen functional groups attached to an aromatic ring is 1. The molecule has 0 radical (unpaired) electrons. The van der Waals surface area contributed by atoms with Crippen LogP contribution in [0.25, 0.3) is 0 Å². The third kappa shape index (κ3) is 3.91. The van der Waals surface area contributed by atoms with Gasteiger partial charge in [0.25, 0.3) is 0 Å². The van der Waals surface area contributed by atoms with Crippen molar-refractivity contribution in [3.63, 3.8) is 0 Å². The Bertz CT molecular complexity index is 393. The molecular formula is C13H22N4O. The molecule has 0 unspecified atom stereocenters. The SMILES string of the molecule is C=CCNc1nc(CC)nc(OCCCC)c1N. The first kappa shape index (κ1) is 14.3. The Morgan fingerprint density at radius 2 is 2.17 bits per heavy atom. The summed E-state index contributed by atoms with van der Waals surface area (Å²) in [6, 6.07) is 0. The molecule has 18 heavy (non-hydrogen) atoms. The van der Waals surface area contributed by atoms with Gasteiger partial charge < -0.3 is 15.8 Å². The van der Waals surface area contributed by atoms with Crippen LogP contribution in [0.4, 0.5) is 11.5 Å². The van der Waals surface area contributed by atoms with Crippen LogP contribution in [-0.4, -0.2) is 23.1 Å². The summed E-state index contributed by atoms with van der Waals surface area (Å²) in [5.41, 5.74) is 6.45. The van der Waals surface area contributed by atoms with Gasteiger partial charge in [-0.25, -0.2) is 4.98 Å². The van der Waals surface area contributed by atoms with Crippen LogP contribution in [0.3, 0.4) is 0 Å². The molecule has 1 heterocycles. The normalized spacial score (nSPS) is 10.1. The quantitative estimate of drug-likeness (QED) is 0.547. The van der Waals surface area contributed by atoms with Crippen LogP contribution in [0.2, 0.25) is 0 Å². The number of nitrogens with two attached hydrogens (primary N) is 1. The Balaban J connectivity index is 2.89. The van der Waals surface area contributed by atoms with Gasteiger partial charge in [-0.1, -0.05) is 26.3 Å². The van der Waals surface area contributed by atoms with Gasteiger partial charge in [0.15, 0.2) is 5.82 Å². The first-order valence-electron chi connectivity index (χ1n) is 6.36. The van der Waals surface area contributed by atoms with Gasteiger partial charge in [-0.3, -0.25) is 0 Å². The molecule has 0 aliphatic heterocycles. The van der Waals surface area contributed by atoms with E-state index >= 15 is 0 Å². The molecule has 100 valence electrons. The average Bonchev–Trinajstić information content (AvgIpc) is 2.39. The fourth-order valence-electron chi connectivity index (χ4n) is 1.38. The highest BCUT2D eigenvalue weighted by Crippen LogP contribution is 2.26. The van der Waals surface area contributed by atoms with Crippen molar-refractivity contribution < 1.29 is 4.74 Å². The van der Waals surface area contributed by atoms with E-state index in [-0.39, 0.29) is 0 Å². The zero-order valence-corrected chi connectivity index (χ0v) is 11.2. The summed E-state index contributed by atoms with van der Waals surface area (Å²) >= 11 is 0. The monoisotopic (exact) mass is 250 g/mol. The average molecular weight is 250 g/mol. The lowest BCUT2D eigenvalue weighted by Crippen LogP contribution is -2.11. The zero-order valence-electron chi connectivity index (χ0n) is 11.2. The van der Waals surface area contributed by atoms with Crippen molar-refractivity contribution in [2.75, 3.05) is 24.2 Å². The molecule has 0 fully saturated rings. The highest BCUT2D eigenvalue weighted by atomic mass is 16.5. The Kier molecular flexibility index (Phi) is 5.97. The molecule has 5 heteroatoms. The Hall–Kier alpha value is -1.78. The topological polar surface area (TPSA) is 73.1 Å². The molecule has 1 rings (SSSR count). The summed E-state index contributed by atoms with van der Waals surface area (Å²) in [7, 11) is 0. The van der Waals surface area contributed by atoms with E-state index in [2.05, 4.69) is 28.8 Å². The van der Waals surface area contributed by atoms with Crippen LogP contribution in [0.5, 0.6) is 5.88 Å². The Labute approximate surface area is 108 Å². The minimum atomic E-state index is 0.463. The number of aryl methyl sites for hydroxylation is 1. The first-order valence-corrected chi connectivity index (χ1v) is 6.36. The summed E-state index contributed by atoms with van der Waals surface area (Å²) in [6.07, 6.45) is 4.56. The van der Waals surface area contributed by atoms with Crippen LogP contribution in [0, 0.1) is 0 Å². The summed E-state index contributed by atoms with van der Waals surface area (Å²) < 4.78 is 5.60. The maximum Gasteiger partial charge on any atom is 0.242 e. The van der Waals surface area contributed by atoms with Gasteiger partial charge in [-0.15, -0.1) is 6.58 Å². The van der Waals surface area contributed by atoms with Crippen LogP contribution in [0.15, 0.2) is 12.7 Å². The molecule has 3 N–H and O–H groups in total. The van der Waals surface area contributed by atoms with E-state index in [9.17, 15) is 0 Å². The number of nitrogens with one attached hydrogen (secondary N) is 1. The molecule has 0 aromatic carbocycles. The van der Waals surface area contributed by atoms with Gasteiger partial charge in [0, 0.05) is 13.0 Å². The second-order valence-electron chi connectivity index (χ2n) is 3.93. The maximum atomic E-state index is 5.98. The second kappa shape index (κ2) is 7.53. The van der Waals surface area contributed by atoms with E-state index in [1.54, 1.807) is 6.08 Å². The van der Waals surface area contributed by atoms with E-state index in [1.165, 1.54) is 0 Å². The van der Waals surface area contributed by atoms with Gasteiger partial charge in [0.2, 0.25) is 5.88 Å². The molecule has 0 saturated heterocycles. The van der Waals surface area contributed by atoms with E-state index in [4.69, 9.17) is 10.5 Å². The largest absolute Gasteiger partial charge is 0.476 e. The molecule has 0 saturated carbocycles. The second-order valence-corrected chi connectivity index (χ2v) is 3.93. The molecule has 0 bridgehead atoms. The van der Waals surface area contributed by atoms with Gasteiger partial charge in [-0.05, 0) is 6.42 Å². The number of ether oxygens (including phenoxy) is 1. The lowest BCUT2D eigenvalue weighted by atomic mass is 10.3. The van der Waals surface area contributed by atoms with Crippen LogP contribution in [-0.2, 0) is 6.42 Å². The van der Waals surface area contributed by atoms with Gasteiger partial charge in [0.05, 0.1) is 6.61 Å². The van der Waals surface area contributed by atoms with Crippen molar-refractivity contribution in [2.24, 2.45) is 0 Å². The zero-order chi connectivity index (χ0) is 13.4. The standard InChI is InChI=1S/C13H22N4O/c1-4-7-9-18-13-11(14)12(15-8-5-2)16-10(6-3)17-13/h5H,2,4,6-9,14H2,1,3H3,(H,15,16,17). The van der Waals surface area contributed by atoms with E-state index in [0.29, 0.717) is 30.5 Å². The van der Waals surface area contributed by atoms with Gasteiger partial charge in [0.1, 0.15) is 11.5 Å². The molecule has 5 nitrogen and oxygen atoms in total. The fraction of sp³-hybridized carbons (Fsp3) is 0.538. The summed E-state index contributed by atoms with van der Waals surface area (Å²) in [5.74, 6) is 1.82. The smallest absolute Gasteiger partial charge is 0.242 e. The van der Waals surface area contributed by atoms with E-state index < -0.39 is 0 Å². The summed E-state index contributed by atoms with van der Waals surface area (Å²) in [5, 5.41) is 3.09. The number of hydrogen-bond donors (Lipinski definition) is 2. The highest BCUT2D eigenvalue weighted by Gasteiger charge is 2.11. The minimum Gasteiger partial charge on any atom is -0.476 e. The fourth-order valence-corrected chi connectivity index (χ4v) is 1.38. The first-order chi connectivity index (χ1) is 8.72. The molecule has 0 atom stereocenters. The Morgan fingerprint density at radius 1 is 1.39 bits per heavy atom. The van der Waals surface area contributed by atoms with E-state index in [1.807, 2.05) is 6.92 Å². The van der Waals surface area contributed by atoms with Crippen LogP contribution >= 0.6 is 0 Å². The molecule has 0 amide bonds. The minimum absolute atomic E-state index is 0.463. The predicted octanol–water partition coefficient (Wildman–Crippen LogP) is 2.40. The number of nitrogens with zero attached hydrogens (tertiary/aromatic N) is 2. The van der Waals surface area contributed by atoms with Crippen molar-refractivity contribution in [3.05, 3.63) is 18.5 Å². The molecular weight excluding hydrogens is 228 g/mol. The summed E-state index contributed by atoms with van der Waals surface area (Å²) in [6.45, 7) is 9.00. The third-order valence-electron chi connectivity index (χ3n) is 2.42. The number of unbranched alkanes of at least 4 members (excludes halogenated alkanes) is 1. The molecule has 1 aromatic rings. The third-order valence-corrected chi connectivity index (χ3v) is 2.42. The molecule has 0 aliphatic rings. The number of hydrogen-bond acceptors (Lipinski definition) is 5. The number of anilines is 2. The Morgan fingerprint density at radius 3 is 2.78 bits per heavy atom. The number of rotatable bonds is 8. The van der Waals surface area contributed by atoms with Crippen molar-refractivity contribution in [3.8, 4) is 5.88 Å². The lowest BCUT2D eigenvalue weighted by molar-refractivity contribution is 0.298. The maximum absolute atomic E-state index is 5.98. The van der Waals surface area contributed by atoms with Gasteiger partial charge >= 0.3 is 0 Å². The lowest BCUT2D eigenvalue weighted by Gasteiger charge is -2.13. The van der Waals surface area contributed by atoms with Crippen LogP contribution in [0.1, 0.15) is 32.5 Å². The molecule has 1 aromatic heterocycles. The number of aromatic nitrogens is 2. The predicted molar refractivity (Wildman–Crippen MR) is 74.9 cm³/mol. The van der Waals surface area contributed by atoms with Crippen molar-refractivity contribution >= 4 is 11.5 Å². The van der Waals surface area contributed by atoms with Crippen LogP contribution < -0.4 is 15.8 Å². The van der Waals surface area contributed by atoms with Crippen molar-refractivity contribution in [2.45, 2.75) is 33.1 Å². The van der Waals surface area contributed by atoms with E-state index in [0.717, 1.165) is 25.1 Å². The van der Waals surface area contributed by atoms with Crippen molar-refractivity contribution in [1.29, 1.82) is 0 Å². The summed E-state index contributed by atoms with van der Waals surface area (Å²) in [4.78, 5) is 8.65. The molecule has 0 aliphatic carbocycles.